The lowest BCUT2D eigenvalue weighted by molar-refractivity contribution is 0.0954. The topological polar surface area (TPSA) is 80.2 Å². The smallest absolute Gasteiger partial charge is 0.271 e. The van der Waals surface area contributed by atoms with Crippen molar-refractivity contribution < 1.29 is 19.4 Å². The second kappa shape index (κ2) is 7.23. The molecule has 0 fully saturated rings. The molecule has 1 amide bonds. The Morgan fingerprint density at radius 2 is 1.79 bits per heavy atom. The number of carbonyl (C=O) groups excluding carboxylic acids is 1. The highest BCUT2D eigenvalue weighted by molar-refractivity contribution is 9.11. The van der Waals surface area contributed by atoms with Gasteiger partial charge in [-0.15, -0.1) is 0 Å². The first-order valence-electron chi connectivity index (χ1n) is 6.95. The molecule has 2 aromatic carbocycles. The van der Waals surface area contributed by atoms with E-state index in [4.69, 9.17) is 9.47 Å². The summed E-state index contributed by atoms with van der Waals surface area (Å²) in [5, 5.41) is 13.6. The van der Waals surface area contributed by atoms with E-state index in [0.29, 0.717) is 44.8 Å². The van der Waals surface area contributed by atoms with Gasteiger partial charge < -0.3 is 14.6 Å². The van der Waals surface area contributed by atoms with Gasteiger partial charge in [-0.25, -0.2) is 5.43 Å². The number of hydrazone groups is 1. The second-order valence-corrected chi connectivity index (χ2v) is 6.60. The third-order valence-electron chi connectivity index (χ3n) is 3.22. The molecule has 0 saturated heterocycles. The fourth-order valence-corrected chi connectivity index (χ4v) is 3.30. The van der Waals surface area contributed by atoms with Crippen molar-refractivity contribution in [1.82, 2.24) is 5.43 Å². The molecule has 0 saturated carbocycles. The summed E-state index contributed by atoms with van der Waals surface area (Å²) in [6, 6.07) is 8.32. The Balaban J connectivity index is 1.69. The number of phenols is 1. The van der Waals surface area contributed by atoms with Gasteiger partial charge in [-0.1, -0.05) is 0 Å². The minimum Gasteiger partial charge on any atom is -0.506 e. The molecule has 2 N–H and O–H groups in total. The summed E-state index contributed by atoms with van der Waals surface area (Å²) in [6.07, 6.45) is 1.48. The molecule has 1 aliphatic rings. The van der Waals surface area contributed by atoms with Crippen LogP contribution in [0.25, 0.3) is 0 Å². The first-order chi connectivity index (χ1) is 11.5. The first-order valence-corrected chi connectivity index (χ1v) is 8.54. The van der Waals surface area contributed by atoms with Gasteiger partial charge >= 0.3 is 0 Å². The molecular formula is C16H12Br2N2O4. The van der Waals surface area contributed by atoms with E-state index < -0.39 is 0 Å². The van der Waals surface area contributed by atoms with Gasteiger partial charge in [0.1, 0.15) is 19.0 Å². The minimum atomic E-state index is -0.361. The van der Waals surface area contributed by atoms with Crippen LogP contribution in [0.5, 0.6) is 17.2 Å². The minimum absolute atomic E-state index is 0.104. The summed E-state index contributed by atoms with van der Waals surface area (Å²) in [6.45, 7) is 0.960. The zero-order valence-electron chi connectivity index (χ0n) is 12.3. The van der Waals surface area contributed by atoms with Gasteiger partial charge in [0.2, 0.25) is 0 Å². The lowest BCUT2D eigenvalue weighted by Gasteiger charge is -2.18. The monoisotopic (exact) mass is 454 g/mol. The van der Waals surface area contributed by atoms with E-state index in [9.17, 15) is 9.90 Å². The van der Waals surface area contributed by atoms with Crippen molar-refractivity contribution in [2.24, 2.45) is 5.10 Å². The second-order valence-electron chi connectivity index (χ2n) is 4.89. The highest BCUT2D eigenvalue weighted by Crippen LogP contribution is 2.33. The number of benzene rings is 2. The Morgan fingerprint density at radius 1 is 1.12 bits per heavy atom. The molecule has 0 spiro atoms. The van der Waals surface area contributed by atoms with Crippen LogP contribution in [0.1, 0.15) is 15.9 Å². The Hall–Kier alpha value is -2.06. The van der Waals surface area contributed by atoms with Crippen LogP contribution in [0.15, 0.2) is 44.4 Å². The molecule has 24 heavy (non-hydrogen) atoms. The quantitative estimate of drug-likeness (QED) is 0.548. The van der Waals surface area contributed by atoms with Gasteiger partial charge in [-0.05, 0) is 67.8 Å². The lowest BCUT2D eigenvalue weighted by atomic mass is 10.2. The van der Waals surface area contributed by atoms with Crippen LogP contribution in [0, 0.1) is 0 Å². The Morgan fingerprint density at radius 3 is 2.50 bits per heavy atom. The zero-order valence-corrected chi connectivity index (χ0v) is 15.4. The number of rotatable bonds is 3. The Bertz CT molecular complexity index is 801. The summed E-state index contributed by atoms with van der Waals surface area (Å²) in [7, 11) is 0. The van der Waals surface area contributed by atoms with E-state index in [1.165, 1.54) is 6.21 Å². The Labute approximate surface area is 154 Å². The highest BCUT2D eigenvalue weighted by atomic mass is 79.9. The van der Waals surface area contributed by atoms with Gasteiger partial charge in [-0.2, -0.15) is 5.10 Å². The predicted octanol–water partition coefficient (Wildman–Crippen LogP) is 3.45. The molecule has 0 aliphatic carbocycles. The summed E-state index contributed by atoms with van der Waals surface area (Å²) in [5.41, 5.74) is 3.57. The average molecular weight is 456 g/mol. The largest absolute Gasteiger partial charge is 0.506 e. The normalized spacial score (nSPS) is 13.1. The van der Waals surface area contributed by atoms with E-state index in [-0.39, 0.29) is 11.7 Å². The van der Waals surface area contributed by atoms with E-state index in [1.54, 1.807) is 30.3 Å². The number of phenolic OH excluding ortho intramolecular Hbond substituents is 1. The van der Waals surface area contributed by atoms with Crippen molar-refractivity contribution >= 4 is 44.0 Å². The molecule has 1 heterocycles. The fourth-order valence-electron chi connectivity index (χ4n) is 2.07. The molecule has 8 heteroatoms. The number of hydrogen-bond donors (Lipinski definition) is 2. The number of fused-ring (bicyclic) bond motifs is 1. The van der Waals surface area contributed by atoms with Crippen molar-refractivity contribution in [2.45, 2.75) is 0 Å². The number of hydrogen-bond acceptors (Lipinski definition) is 5. The van der Waals surface area contributed by atoms with Crippen LogP contribution in [0.3, 0.4) is 0 Å². The number of nitrogens with one attached hydrogen (secondary N) is 1. The fraction of sp³-hybridized carbons (Fsp3) is 0.125. The number of carbonyl (C=O) groups is 1. The van der Waals surface area contributed by atoms with E-state index in [0.717, 1.165) is 0 Å². The van der Waals surface area contributed by atoms with Crippen molar-refractivity contribution in [3.63, 3.8) is 0 Å². The third kappa shape index (κ3) is 3.70. The maximum atomic E-state index is 12.1. The molecule has 0 bridgehead atoms. The average Bonchev–Trinajstić information content (AvgIpc) is 2.59. The van der Waals surface area contributed by atoms with E-state index in [2.05, 4.69) is 42.4 Å². The maximum Gasteiger partial charge on any atom is 0.271 e. The molecule has 124 valence electrons. The highest BCUT2D eigenvalue weighted by Gasteiger charge is 2.14. The third-order valence-corrected chi connectivity index (χ3v) is 4.43. The number of aromatic hydroxyl groups is 1. The standard InChI is InChI=1S/C16H12Br2N2O4/c17-11-5-9(6-12(18)15(11)21)8-19-20-16(22)10-1-2-13-14(7-10)24-4-3-23-13/h1-2,5-8,21H,3-4H2,(H,20,22)/b19-8-. The summed E-state index contributed by atoms with van der Waals surface area (Å²) >= 11 is 6.47. The van der Waals surface area contributed by atoms with Crippen molar-refractivity contribution in [3.05, 3.63) is 50.4 Å². The van der Waals surface area contributed by atoms with Crippen molar-refractivity contribution in [1.29, 1.82) is 0 Å². The van der Waals surface area contributed by atoms with Gasteiger partial charge in [0, 0.05) is 5.56 Å². The van der Waals surface area contributed by atoms with Gasteiger partial charge in [0.25, 0.3) is 5.91 Å². The number of amides is 1. The molecule has 6 nitrogen and oxygen atoms in total. The molecule has 1 aliphatic heterocycles. The first kappa shape index (κ1) is 16.8. The van der Waals surface area contributed by atoms with Crippen LogP contribution in [-0.4, -0.2) is 30.4 Å². The molecule has 0 unspecified atom stereocenters. The van der Waals surface area contributed by atoms with Crippen molar-refractivity contribution in [3.8, 4) is 17.2 Å². The van der Waals surface area contributed by atoms with Gasteiger partial charge in [-0.3, -0.25) is 4.79 Å². The number of ether oxygens (including phenoxy) is 2. The van der Waals surface area contributed by atoms with Crippen LogP contribution in [0.4, 0.5) is 0 Å². The number of halogens is 2. The van der Waals surface area contributed by atoms with E-state index >= 15 is 0 Å². The van der Waals surface area contributed by atoms with Crippen LogP contribution in [-0.2, 0) is 0 Å². The molecule has 0 radical (unpaired) electrons. The van der Waals surface area contributed by atoms with Gasteiger partial charge in [0.05, 0.1) is 15.2 Å². The van der Waals surface area contributed by atoms with Gasteiger partial charge in [0.15, 0.2) is 11.5 Å². The summed E-state index contributed by atoms with van der Waals surface area (Å²) < 4.78 is 11.9. The van der Waals surface area contributed by atoms with E-state index in [1.807, 2.05) is 0 Å². The molecular weight excluding hydrogens is 444 g/mol. The van der Waals surface area contributed by atoms with Crippen LogP contribution >= 0.6 is 31.9 Å². The molecule has 0 atom stereocenters. The van der Waals surface area contributed by atoms with Crippen molar-refractivity contribution in [2.75, 3.05) is 13.2 Å². The lowest BCUT2D eigenvalue weighted by Crippen LogP contribution is -2.19. The van der Waals surface area contributed by atoms with Crippen LogP contribution < -0.4 is 14.9 Å². The molecule has 2 aromatic rings. The molecule has 0 aromatic heterocycles. The number of nitrogens with zero attached hydrogens (tertiary/aromatic N) is 1. The summed E-state index contributed by atoms with van der Waals surface area (Å²) in [5.74, 6) is 0.914. The van der Waals surface area contributed by atoms with Crippen LogP contribution in [0.2, 0.25) is 0 Å². The Kier molecular flexibility index (Phi) is 5.06. The SMILES string of the molecule is O=C(N/N=C\c1cc(Br)c(O)c(Br)c1)c1ccc2c(c1)OCCO2. The predicted molar refractivity (Wildman–Crippen MR) is 96.0 cm³/mol. The maximum absolute atomic E-state index is 12.1. The molecule has 3 rings (SSSR count). The summed E-state index contributed by atoms with van der Waals surface area (Å²) in [4.78, 5) is 12.1. The zero-order chi connectivity index (χ0) is 17.1.